The quantitative estimate of drug-likeness (QED) is 0.678. The average molecular weight is 314 g/mol. The van der Waals surface area contributed by atoms with Crippen LogP contribution in [0.1, 0.15) is 40.5 Å². The minimum Gasteiger partial charge on any atom is -0.465 e. The molecule has 0 saturated heterocycles. The lowest BCUT2D eigenvalue weighted by Crippen LogP contribution is -2.25. The minimum atomic E-state index is -0.473. The Hall–Kier alpha value is -2.89. The van der Waals surface area contributed by atoms with E-state index in [0.29, 0.717) is 17.1 Å². The number of rotatable bonds is 5. The van der Waals surface area contributed by atoms with Gasteiger partial charge in [0.15, 0.2) is 0 Å². The van der Waals surface area contributed by atoms with Gasteiger partial charge in [-0.2, -0.15) is 0 Å². The number of aryl methyl sites for hydroxylation is 1. The third kappa shape index (κ3) is 4.29. The van der Waals surface area contributed by atoms with Gasteiger partial charge >= 0.3 is 5.97 Å². The van der Waals surface area contributed by atoms with E-state index >= 15 is 0 Å². The molecule has 0 saturated carbocycles. The summed E-state index contributed by atoms with van der Waals surface area (Å²) in [5.74, 6) is 0.0956. The summed E-state index contributed by atoms with van der Waals surface area (Å²) in [6, 6.07) is 6.84. The van der Waals surface area contributed by atoms with Crippen molar-refractivity contribution in [1.29, 1.82) is 0 Å². The Kier molecular flexibility index (Phi) is 5.30. The first-order valence-electron chi connectivity index (χ1n) is 7.09. The van der Waals surface area contributed by atoms with Crippen LogP contribution in [0.15, 0.2) is 41.0 Å². The van der Waals surface area contributed by atoms with Crippen molar-refractivity contribution >= 4 is 18.0 Å². The van der Waals surface area contributed by atoms with E-state index in [4.69, 9.17) is 4.42 Å². The fourth-order valence-electron chi connectivity index (χ4n) is 2.03. The number of carbonyl (C=O) groups is 2. The van der Waals surface area contributed by atoms with Crippen LogP contribution >= 0.6 is 0 Å². The van der Waals surface area contributed by atoms with E-state index in [0.717, 1.165) is 5.69 Å². The first-order valence-corrected chi connectivity index (χ1v) is 7.09. The van der Waals surface area contributed by atoms with Crippen LogP contribution in [0.4, 0.5) is 0 Å². The molecule has 1 N–H and O–H groups in total. The standard InChI is InChI=1S/C17H18N2O4/c1-11(15-6-4-5-9-18-15)19-16(20)8-7-13-10-14(12(2)23-13)17(21)22-3/h4-11H,1-3H3,(H,19,20)/b8-7+. The number of aromatic nitrogens is 1. The van der Waals surface area contributed by atoms with Gasteiger partial charge in [-0.3, -0.25) is 9.78 Å². The Morgan fingerprint density at radius 3 is 2.83 bits per heavy atom. The zero-order valence-corrected chi connectivity index (χ0v) is 13.2. The summed E-state index contributed by atoms with van der Waals surface area (Å²) in [5, 5.41) is 2.80. The van der Waals surface area contributed by atoms with Gasteiger partial charge in [-0.05, 0) is 38.1 Å². The average Bonchev–Trinajstić information content (AvgIpc) is 2.94. The van der Waals surface area contributed by atoms with Crippen LogP contribution in [0.3, 0.4) is 0 Å². The largest absolute Gasteiger partial charge is 0.465 e. The smallest absolute Gasteiger partial charge is 0.341 e. The highest BCUT2D eigenvalue weighted by molar-refractivity contribution is 5.93. The molecule has 1 unspecified atom stereocenters. The van der Waals surface area contributed by atoms with E-state index in [1.54, 1.807) is 13.1 Å². The molecule has 120 valence electrons. The number of pyridine rings is 1. The van der Waals surface area contributed by atoms with Gasteiger partial charge in [-0.25, -0.2) is 4.79 Å². The van der Waals surface area contributed by atoms with Crippen LogP contribution in [-0.4, -0.2) is 24.0 Å². The maximum atomic E-state index is 11.9. The van der Waals surface area contributed by atoms with Crippen molar-refractivity contribution in [3.8, 4) is 0 Å². The van der Waals surface area contributed by atoms with E-state index in [1.807, 2.05) is 25.1 Å². The molecule has 2 heterocycles. The number of furan rings is 1. The molecule has 1 amide bonds. The molecule has 23 heavy (non-hydrogen) atoms. The summed E-state index contributed by atoms with van der Waals surface area (Å²) in [6.45, 7) is 3.51. The molecule has 2 rings (SSSR count). The van der Waals surface area contributed by atoms with Crippen molar-refractivity contribution in [1.82, 2.24) is 10.3 Å². The Labute approximate surface area is 134 Å². The van der Waals surface area contributed by atoms with Crippen molar-refractivity contribution in [2.24, 2.45) is 0 Å². The van der Waals surface area contributed by atoms with Crippen molar-refractivity contribution in [3.05, 3.63) is 59.3 Å². The second-order valence-electron chi connectivity index (χ2n) is 4.93. The molecule has 6 nitrogen and oxygen atoms in total. The Morgan fingerprint density at radius 1 is 1.39 bits per heavy atom. The van der Waals surface area contributed by atoms with Gasteiger partial charge in [0.25, 0.3) is 0 Å². The Balaban J connectivity index is 2.00. The molecule has 2 aromatic rings. The molecule has 1 atom stereocenters. The number of methoxy groups -OCH3 is 1. The molecular formula is C17H18N2O4. The summed E-state index contributed by atoms with van der Waals surface area (Å²) in [4.78, 5) is 27.6. The normalized spacial score (nSPS) is 12.1. The van der Waals surface area contributed by atoms with Gasteiger partial charge in [0, 0.05) is 12.3 Å². The highest BCUT2D eigenvalue weighted by Gasteiger charge is 2.14. The third-order valence-electron chi connectivity index (χ3n) is 3.23. The molecule has 0 spiro atoms. The van der Waals surface area contributed by atoms with E-state index in [-0.39, 0.29) is 11.9 Å². The van der Waals surface area contributed by atoms with Crippen LogP contribution in [0.2, 0.25) is 0 Å². The van der Waals surface area contributed by atoms with Crippen LogP contribution in [0.25, 0.3) is 6.08 Å². The SMILES string of the molecule is COC(=O)c1cc(/C=C/C(=O)NC(C)c2ccccn2)oc1C. The van der Waals surface area contributed by atoms with E-state index in [9.17, 15) is 9.59 Å². The van der Waals surface area contributed by atoms with Crippen molar-refractivity contribution < 1.29 is 18.7 Å². The number of carbonyl (C=O) groups excluding carboxylic acids is 2. The molecule has 0 bridgehead atoms. The third-order valence-corrected chi connectivity index (χ3v) is 3.23. The second kappa shape index (κ2) is 7.40. The van der Waals surface area contributed by atoms with Gasteiger partial charge in [0.05, 0.1) is 18.8 Å². The molecule has 6 heteroatoms. The molecule has 2 aromatic heterocycles. The first kappa shape index (κ1) is 16.5. The number of esters is 1. The highest BCUT2D eigenvalue weighted by atomic mass is 16.5. The van der Waals surface area contributed by atoms with Crippen LogP contribution < -0.4 is 5.32 Å². The molecular weight excluding hydrogens is 296 g/mol. The van der Waals surface area contributed by atoms with Gasteiger partial charge in [-0.15, -0.1) is 0 Å². The maximum Gasteiger partial charge on any atom is 0.341 e. The Morgan fingerprint density at radius 2 is 2.17 bits per heavy atom. The molecule has 0 aliphatic rings. The van der Waals surface area contributed by atoms with Crippen LogP contribution in [0.5, 0.6) is 0 Å². The predicted octanol–water partition coefficient (Wildman–Crippen LogP) is 2.66. The number of amides is 1. The number of hydrogen-bond acceptors (Lipinski definition) is 5. The zero-order chi connectivity index (χ0) is 16.8. The fourth-order valence-corrected chi connectivity index (χ4v) is 2.03. The first-order chi connectivity index (χ1) is 11.0. The number of nitrogens with zero attached hydrogens (tertiary/aromatic N) is 1. The number of ether oxygens (including phenoxy) is 1. The van der Waals surface area contributed by atoms with E-state index < -0.39 is 5.97 Å². The Bertz CT molecular complexity index is 719. The minimum absolute atomic E-state index is 0.211. The van der Waals surface area contributed by atoms with E-state index in [2.05, 4.69) is 15.0 Å². The summed E-state index contributed by atoms with van der Waals surface area (Å²) >= 11 is 0. The van der Waals surface area contributed by atoms with Gasteiger partial charge in [0.1, 0.15) is 17.1 Å². The second-order valence-corrected chi connectivity index (χ2v) is 4.93. The molecule has 0 fully saturated rings. The summed E-state index contributed by atoms with van der Waals surface area (Å²) in [5.41, 5.74) is 1.12. The lowest BCUT2D eigenvalue weighted by atomic mass is 10.2. The molecule has 0 aliphatic carbocycles. The molecule has 0 aromatic carbocycles. The highest BCUT2D eigenvalue weighted by Crippen LogP contribution is 2.17. The number of hydrogen-bond donors (Lipinski definition) is 1. The lowest BCUT2D eigenvalue weighted by Gasteiger charge is -2.11. The molecule has 0 aliphatic heterocycles. The topological polar surface area (TPSA) is 81.4 Å². The van der Waals surface area contributed by atoms with Crippen molar-refractivity contribution in [2.75, 3.05) is 7.11 Å². The maximum absolute atomic E-state index is 11.9. The summed E-state index contributed by atoms with van der Waals surface area (Å²) in [7, 11) is 1.30. The summed E-state index contributed by atoms with van der Waals surface area (Å²) < 4.78 is 10.0. The predicted molar refractivity (Wildman–Crippen MR) is 84.6 cm³/mol. The van der Waals surface area contributed by atoms with Crippen LogP contribution in [-0.2, 0) is 9.53 Å². The number of nitrogens with one attached hydrogen (secondary N) is 1. The van der Waals surface area contributed by atoms with Gasteiger partial charge < -0.3 is 14.5 Å². The van der Waals surface area contributed by atoms with Gasteiger partial charge in [0.2, 0.25) is 5.91 Å². The lowest BCUT2D eigenvalue weighted by molar-refractivity contribution is -0.117. The fraction of sp³-hybridized carbons (Fsp3) is 0.235. The van der Waals surface area contributed by atoms with Crippen molar-refractivity contribution in [3.63, 3.8) is 0 Å². The summed E-state index contributed by atoms with van der Waals surface area (Å²) in [6.07, 6.45) is 4.52. The van der Waals surface area contributed by atoms with Gasteiger partial charge in [-0.1, -0.05) is 6.07 Å². The zero-order valence-electron chi connectivity index (χ0n) is 13.2. The van der Waals surface area contributed by atoms with Crippen LogP contribution in [0, 0.1) is 6.92 Å². The monoisotopic (exact) mass is 314 g/mol. The van der Waals surface area contributed by atoms with Crippen molar-refractivity contribution in [2.45, 2.75) is 19.9 Å². The molecule has 0 radical (unpaired) electrons. The van der Waals surface area contributed by atoms with E-state index in [1.165, 1.54) is 25.3 Å².